The second kappa shape index (κ2) is 5.38. The van der Waals surface area contributed by atoms with Crippen LogP contribution in [0.15, 0.2) is 18.2 Å². The van der Waals surface area contributed by atoms with Crippen LogP contribution in [-0.2, 0) is 19.9 Å². The molecule has 144 valence electrons. The summed E-state index contributed by atoms with van der Waals surface area (Å²) in [6, 6.07) is 3.89. The highest BCUT2D eigenvalue weighted by Gasteiger charge is 2.75. The van der Waals surface area contributed by atoms with Crippen LogP contribution in [-0.4, -0.2) is 34.2 Å². The first-order valence-corrected chi connectivity index (χ1v) is 9.35. The van der Waals surface area contributed by atoms with E-state index in [1.807, 2.05) is 39.9 Å². The monoisotopic (exact) mass is 374 g/mol. The molecule has 3 amide bonds. The van der Waals surface area contributed by atoms with E-state index in [-0.39, 0.29) is 29.7 Å². The van der Waals surface area contributed by atoms with Crippen molar-refractivity contribution >= 4 is 23.4 Å². The molecule has 3 aliphatic heterocycles. The van der Waals surface area contributed by atoms with Crippen LogP contribution >= 0.6 is 0 Å². The number of nitrogens with zero attached hydrogens (tertiary/aromatic N) is 1. The highest BCUT2D eigenvalue weighted by molar-refractivity contribution is 6.14. The van der Waals surface area contributed by atoms with Crippen LogP contribution in [0.25, 0.3) is 0 Å². The fourth-order valence-corrected chi connectivity index (χ4v) is 5.13. The first kappa shape index (κ1) is 18.1. The Morgan fingerprint density at radius 2 is 1.85 bits per heavy atom. The Labute approximate surface area is 157 Å². The maximum atomic E-state index is 14.0. The van der Waals surface area contributed by atoms with Gasteiger partial charge in [0.2, 0.25) is 17.4 Å². The molecule has 0 aliphatic carbocycles. The number of nitrogens with two attached hydrogens (primary N) is 1. The zero-order chi connectivity index (χ0) is 19.9. The fourth-order valence-electron chi connectivity index (χ4n) is 5.13. The molecule has 0 saturated carbocycles. The second-order valence-electron chi connectivity index (χ2n) is 9.19. The van der Waals surface area contributed by atoms with E-state index >= 15 is 0 Å². The zero-order valence-corrected chi connectivity index (χ0v) is 16.2. The lowest BCUT2D eigenvalue weighted by atomic mass is 9.75. The van der Waals surface area contributed by atoms with Gasteiger partial charge in [0.15, 0.2) is 0 Å². The van der Waals surface area contributed by atoms with Crippen molar-refractivity contribution in [1.29, 1.82) is 0 Å². The van der Waals surface area contributed by atoms with E-state index in [1.54, 1.807) is 0 Å². The molecule has 0 radical (unpaired) electrons. The van der Waals surface area contributed by atoms with E-state index in [1.165, 1.54) is 23.1 Å². The zero-order valence-electron chi connectivity index (χ0n) is 16.2. The molecule has 2 saturated heterocycles. The standard InChI is InChI=1S/C20H24FN3O3/c1-9(2)15-13-14(17(26)24(16(13)25)19(3,4)5)20(23-15)11-8-10(21)6-7-12(11)22-18(20)27/h6-9,13-15,23H,1-5H3,(H,22,27)/p+1/t13-,14-,15-,20-/m0/s1. The minimum absolute atomic E-state index is 0.0685. The first-order chi connectivity index (χ1) is 12.5. The number of carbonyl (C=O) groups is 3. The Hall–Kier alpha value is -2.28. The number of nitrogens with one attached hydrogen (secondary N) is 1. The number of hydrogen-bond donors (Lipinski definition) is 2. The quantitative estimate of drug-likeness (QED) is 0.719. The number of quaternary nitrogens is 1. The van der Waals surface area contributed by atoms with Gasteiger partial charge in [-0.3, -0.25) is 19.3 Å². The molecule has 1 spiro atoms. The number of amides is 3. The summed E-state index contributed by atoms with van der Waals surface area (Å²) < 4.78 is 14.0. The van der Waals surface area contributed by atoms with Crippen molar-refractivity contribution < 1.29 is 24.1 Å². The van der Waals surface area contributed by atoms with Gasteiger partial charge in [-0.1, -0.05) is 13.8 Å². The Morgan fingerprint density at radius 3 is 2.44 bits per heavy atom. The van der Waals surface area contributed by atoms with Gasteiger partial charge < -0.3 is 10.6 Å². The van der Waals surface area contributed by atoms with Gasteiger partial charge in [0.1, 0.15) is 23.7 Å². The number of likely N-dealkylation sites (tertiary alicyclic amines) is 1. The van der Waals surface area contributed by atoms with E-state index in [9.17, 15) is 18.8 Å². The molecule has 1 aromatic rings. The van der Waals surface area contributed by atoms with Gasteiger partial charge in [-0.15, -0.1) is 0 Å². The summed E-state index contributed by atoms with van der Waals surface area (Å²) in [5, 5.41) is 4.64. The topological polar surface area (TPSA) is 83.1 Å². The summed E-state index contributed by atoms with van der Waals surface area (Å²) in [6.07, 6.45) is 0. The van der Waals surface area contributed by atoms with Crippen molar-refractivity contribution in [2.75, 3.05) is 5.32 Å². The fraction of sp³-hybridized carbons (Fsp3) is 0.550. The number of imide groups is 1. The third-order valence-corrected chi connectivity index (χ3v) is 6.20. The predicted octanol–water partition coefficient (Wildman–Crippen LogP) is 0.974. The number of halogens is 1. The number of anilines is 1. The highest BCUT2D eigenvalue weighted by Crippen LogP contribution is 2.51. The van der Waals surface area contributed by atoms with Crippen molar-refractivity contribution in [2.45, 2.75) is 51.7 Å². The molecule has 0 bridgehead atoms. The van der Waals surface area contributed by atoms with Crippen LogP contribution in [0.1, 0.15) is 40.2 Å². The highest BCUT2D eigenvalue weighted by atomic mass is 19.1. The molecule has 3 aliphatic rings. The molecule has 7 heteroatoms. The van der Waals surface area contributed by atoms with E-state index in [0.29, 0.717) is 11.3 Å². The number of carbonyl (C=O) groups excluding carboxylic acids is 3. The average molecular weight is 374 g/mol. The van der Waals surface area contributed by atoms with Gasteiger partial charge >= 0.3 is 0 Å². The van der Waals surface area contributed by atoms with Gasteiger partial charge in [0.05, 0.1) is 5.69 Å². The van der Waals surface area contributed by atoms with E-state index in [0.717, 1.165) is 0 Å². The lowest BCUT2D eigenvalue weighted by molar-refractivity contribution is -0.738. The maximum absolute atomic E-state index is 14.0. The second-order valence-corrected chi connectivity index (χ2v) is 9.19. The molecule has 4 rings (SSSR count). The van der Waals surface area contributed by atoms with E-state index in [2.05, 4.69) is 5.32 Å². The molecular weight excluding hydrogens is 349 g/mol. The summed E-state index contributed by atoms with van der Waals surface area (Å²) in [6.45, 7) is 9.40. The first-order valence-electron chi connectivity index (χ1n) is 9.35. The molecule has 4 atom stereocenters. The van der Waals surface area contributed by atoms with Gasteiger partial charge in [-0.25, -0.2) is 4.39 Å². The lowest BCUT2D eigenvalue weighted by Crippen LogP contribution is -2.99. The Balaban J connectivity index is 1.95. The largest absolute Gasteiger partial charge is 0.326 e. The smallest absolute Gasteiger partial charge is 0.291 e. The normalized spacial score (nSPS) is 32.5. The minimum Gasteiger partial charge on any atom is -0.326 e. The van der Waals surface area contributed by atoms with Crippen molar-refractivity contribution in [3.8, 4) is 0 Å². The molecular formula is C20H25FN3O3+. The molecule has 0 aromatic heterocycles. The van der Waals surface area contributed by atoms with Crippen LogP contribution < -0.4 is 10.6 Å². The Bertz CT molecular complexity index is 876. The molecule has 27 heavy (non-hydrogen) atoms. The van der Waals surface area contributed by atoms with Crippen LogP contribution in [0.5, 0.6) is 0 Å². The lowest BCUT2D eigenvalue weighted by Gasteiger charge is -2.33. The molecule has 3 N–H and O–H groups in total. The molecule has 6 nitrogen and oxygen atoms in total. The average Bonchev–Trinajstić information content (AvgIpc) is 3.13. The third-order valence-electron chi connectivity index (χ3n) is 6.20. The van der Waals surface area contributed by atoms with Crippen molar-refractivity contribution in [1.82, 2.24) is 4.90 Å². The van der Waals surface area contributed by atoms with Crippen molar-refractivity contribution in [3.63, 3.8) is 0 Å². The van der Waals surface area contributed by atoms with Crippen molar-refractivity contribution in [2.24, 2.45) is 17.8 Å². The van der Waals surface area contributed by atoms with E-state index < -0.39 is 28.7 Å². The van der Waals surface area contributed by atoms with E-state index in [4.69, 9.17) is 0 Å². The van der Waals surface area contributed by atoms with Crippen molar-refractivity contribution in [3.05, 3.63) is 29.6 Å². The number of benzene rings is 1. The number of hydrogen-bond acceptors (Lipinski definition) is 3. The number of fused-ring (bicyclic) bond motifs is 4. The van der Waals surface area contributed by atoms with Crippen LogP contribution in [0.2, 0.25) is 0 Å². The van der Waals surface area contributed by atoms with Crippen LogP contribution in [0.4, 0.5) is 10.1 Å². The van der Waals surface area contributed by atoms with Gasteiger partial charge in [0, 0.05) is 17.0 Å². The molecule has 2 fully saturated rings. The van der Waals surface area contributed by atoms with Gasteiger partial charge in [-0.05, 0) is 39.0 Å². The Morgan fingerprint density at radius 1 is 1.19 bits per heavy atom. The van der Waals surface area contributed by atoms with Crippen LogP contribution in [0, 0.1) is 23.6 Å². The molecule has 0 unspecified atom stereocenters. The third kappa shape index (κ3) is 2.18. The predicted molar refractivity (Wildman–Crippen MR) is 95.8 cm³/mol. The summed E-state index contributed by atoms with van der Waals surface area (Å²) in [7, 11) is 0. The Kier molecular flexibility index (Phi) is 3.60. The maximum Gasteiger partial charge on any atom is 0.291 e. The summed E-state index contributed by atoms with van der Waals surface area (Å²) in [4.78, 5) is 41.1. The van der Waals surface area contributed by atoms with Gasteiger partial charge in [0.25, 0.3) is 5.91 Å². The summed E-state index contributed by atoms with van der Waals surface area (Å²) >= 11 is 0. The molecule has 3 heterocycles. The summed E-state index contributed by atoms with van der Waals surface area (Å²) in [5.74, 6) is -2.76. The van der Waals surface area contributed by atoms with Gasteiger partial charge in [-0.2, -0.15) is 0 Å². The molecule has 1 aromatic carbocycles. The summed E-state index contributed by atoms with van der Waals surface area (Å²) in [5.41, 5.74) is -1.01. The number of rotatable bonds is 1. The minimum atomic E-state index is -1.30. The SMILES string of the molecule is CC(C)[C@@H]1[NH2+][C@]2(C(=O)Nc3ccc(F)cc32)[C@@H]2C(=O)N(C(C)(C)C)C(=O)[C@@H]21. The van der Waals surface area contributed by atoms with Crippen LogP contribution in [0.3, 0.4) is 0 Å².